The number of rotatable bonds is 4. The van der Waals surface area contributed by atoms with Gasteiger partial charge in [0, 0.05) is 26.0 Å². The summed E-state index contributed by atoms with van der Waals surface area (Å²) in [5.41, 5.74) is 5.29. The van der Waals surface area contributed by atoms with E-state index in [0.717, 1.165) is 6.42 Å². The average molecular weight is 182 g/mol. The second kappa shape index (κ2) is 4.61. The molecule has 0 atom stereocenters. The van der Waals surface area contributed by atoms with Crippen LogP contribution < -0.4 is 11.1 Å². The number of nitrogens with zero attached hydrogens (tertiary/aromatic N) is 2. The fourth-order valence-electron chi connectivity index (χ4n) is 0.967. The van der Waals surface area contributed by atoms with Crippen LogP contribution in [0.4, 0.5) is 0 Å². The van der Waals surface area contributed by atoms with Crippen LogP contribution in [0.25, 0.3) is 0 Å². The molecule has 13 heavy (non-hydrogen) atoms. The van der Waals surface area contributed by atoms with E-state index in [9.17, 15) is 4.79 Å². The van der Waals surface area contributed by atoms with Crippen LogP contribution in [0.5, 0.6) is 0 Å². The summed E-state index contributed by atoms with van der Waals surface area (Å²) in [5.74, 6) is 0.276. The van der Waals surface area contributed by atoms with Crippen LogP contribution in [0, 0.1) is 0 Å². The lowest BCUT2D eigenvalue weighted by molar-refractivity contribution is 0.0940. The molecule has 0 saturated heterocycles. The molecular formula is C8H14N4O. The molecule has 0 radical (unpaired) electrons. The molecule has 0 fully saturated rings. The van der Waals surface area contributed by atoms with E-state index in [4.69, 9.17) is 5.73 Å². The third-order valence-electron chi connectivity index (χ3n) is 1.69. The van der Waals surface area contributed by atoms with Gasteiger partial charge in [0.1, 0.15) is 0 Å². The normalized spacial score (nSPS) is 10.0. The van der Waals surface area contributed by atoms with Gasteiger partial charge in [0.2, 0.25) is 0 Å². The highest BCUT2D eigenvalue weighted by atomic mass is 16.2. The van der Waals surface area contributed by atoms with E-state index < -0.39 is 0 Å². The second-order valence-electron chi connectivity index (χ2n) is 2.76. The highest BCUT2D eigenvalue weighted by Gasteiger charge is 2.08. The third-order valence-corrected chi connectivity index (χ3v) is 1.69. The SMILES string of the molecule is Cn1ccnc1C(=O)NCCCN. The van der Waals surface area contributed by atoms with Crippen molar-refractivity contribution >= 4 is 5.91 Å². The van der Waals surface area contributed by atoms with E-state index in [-0.39, 0.29) is 5.91 Å². The minimum absolute atomic E-state index is 0.152. The Balaban J connectivity index is 2.45. The van der Waals surface area contributed by atoms with E-state index in [1.54, 1.807) is 24.0 Å². The molecule has 1 aromatic heterocycles. The molecule has 0 aliphatic rings. The Kier molecular flexibility index (Phi) is 3.45. The predicted molar refractivity (Wildman–Crippen MR) is 49.2 cm³/mol. The lowest BCUT2D eigenvalue weighted by atomic mass is 10.4. The van der Waals surface area contributed by atoms with Crippen molar-refractivity contribution in [2.75, 3.05) is 13.1 Å². The Morgan fingerprint density at radius 2 is 2.54 bits per heavy atom. The lowest BCUT2D eigenvalue weighted by Crippen LogP contribution is -2.28. The predicted octanol–water partition coefficient (Wildman–Crippen LogP) is -0.501. The van der Waals surface area contributed by atoms with Gasteiger partial charge >= 0.3 is 0 Å². The van der Waals surface area contributed by atoms with E-state index in [1.807, 2.05) is 0 Å². The molecule has 3 N–H and O–H groups in total. The Labute approximate surface area is 76.9 Å². The van der Waals surface area contributed by atoms with Gasteiger partial charge in [-0.15, -0.1) is 0 Å². The van der Waals surface area contributed by atoms with Crippen LogP contribution in [0.15, 0.2) is 12.4 Å². The number of carbonyl (C=O) groups excluding carboxylic acids is 1. The monoisotopic (exact) mass is 182 g/mol. The summed E-state index contributed by atoms with van der Waals surface area (Å²) in [4.78, 5) is 15.3. The zero-order valence-electron chi connectivity index (χ0n) is 7.66. The maximum absolute atomic E-state index is 11.4. The van der Waals surface area contributed by atoms with Crippen LogP contribution >= 0.6 is 0 Å². The van der Waals surface area contributed by atoms with Crippen LogP contribution in [0.2, 0.25) is 0 Å². The molecule has 5 nitrogen and oxygen atoms in total. The van der Waals surface area contributed by atoms with E-state index in [2.05, 4.69) is 10.3 Å². The minimum Gasteiger partial charge on any atom is -0.349 e. The summed E-state index contributed by atoms with van der Waals surface area (Å²) in [6.07, 6.45) is 4.12. The molecule has 1 aromatic rings. The number of hydrogen-bond donors (Lipinski definition) is 2. The highest BCUT2D eigenvalue weighted by molar-refractivity contribution is 5.90. The van der Waals surface area contributed by atoms with Crippen LogP contribution in [-0.4, -0.2) is 28.5 Å². The number of amides is 1. The topological polar surface area (TPSA) is 72.9 Å². The standard InChI is InChI=1S/C8H14N4O/c1-12-6-5-10-7(12)8(13)11-4-2-3-9/h5-6H,2-4,9H2,1H3,(H,11,13). The first kappa shape index (κ1) is 9.73. The number of aromatic nitrogens is 2. The van der Waals surface area contributed by atoms with E-state index in [0.29, 0.717) is 18.9 Å². The summed E-state index contributed by atoms with van der Waals surface area (Å²) in [7, 11) is 1.78. The van der Waals surface area contributed by atoms with Crippen molar-refractivity contribution in [2.45, 2.75) is 6.42 Å². The van der Waals surface area contributed by atoms with Crippen molar-refractivity contribution in [3.05, 3.63) is 18.2 Å². The Hall–Kier alpha value is -1.36. The molecular weight excluding hydrogens is 168 g/mol. The smallest absolute Gasteiger partial charge is 0.287 e. The summed E-state index contributed by atoms with van der Waals surface area (Å²) in [6.45, 7) is 1.18. The molecule has 1 rings (SSSR count). The Morgan fingerprint density at radius 1 is 1.77 bits per heavy atom. The fourth-order valence-corrected chi connectivity index (χ4v) is 0.967. The number of aryl methyl sites for hydroxylation is 1. The van der Waals surface area contributed by atoms with E-state index >= 15 is 0 Å². The highest BCUT2D eigenvalue weighted by Crippen LogP contribution is 1.92. The average Bonchev–Trinajstić information content (AvgIpc) is 2.52. The van der Waals surface area contributed by atoms with Crippen molar-refractivity contribution in [2.24, 2.45) is 12.8 Å². The van der Waals surface area contributed by atoms with Gasteiger partial charge in [-0.05, 0) is 13.0 Å². The molecule has 0 bridgehead atoms. The number of carbonyl (C=O) groups is 1. The number of hydrogen-bond acceptors (Lipinski definition) is 3. The second-order valence-corrected chi connectivity index (χ2v) is 2.76. The van der Waals surface area contributed by atoms with Crippen molar-refractivity contribution in [1.82, 2.24) is 14.9 Å². The van der Waals surface area contributed by atoms with Gasteiger partial charge in [-0.25, -0.2) is 4.98 Å². The third kappa shape index (κ3) is 2.55. The number of nitrogens with one attached hydrogen (secondary N) is 1. The molecule has 72 valence electrons. The van der Waals surface area contributed by atoms with Gasteiger partial charge in [-0.2, -0.15) is 0 Å². The summed E-state index contributed by atoms with van der Waals surface area (Å²) in [6, 6.07) is 0. The largest absolute Gasteiger partial charge is 0.349 e. The van der Waals surface area contributed by atoms with Gasteiger partial charge in [0.15, 0.2) is 5.82 Å². The van der Waals surface area contributed by atoms with E-state index in [1.165, 1.54) is 0 Å². The Bertz CT molecular complexity index is 281. The molecule has 0 spiro atoms. The molecule has 0 unspecified atom stereocenters. The molecule has 0 aliphatic carbocycles. The first-order valence-corrected chi connectivity index (χ1v) is 4.21. The molecule has 0 saturated carbocycles. The van der Waals surface area contributed by atoms with Gasteiger partial charge < -0.3 is 15.6 Å². The number of imidazole rings is 1. The molecule has 1 heterocycles. The minimum atomic E-state index is -0.152. The molecule has 0 aliphatic heterocycles. The van der Waals surface area contributed by atoms with Gasteiger partial charge in [0.25, 0.3) is 5.91 Å². The lowest BCUT2D eigenvalue weighted by Gasteiger charge is -2.03. The fraction of sp³-hybridized carbons (Fsp3) is 0.500. The molecule has 0 aromatic carbocycles. The quantitative estimate of drug-likeness (QED) is 0.616. The van der Waals surface area contributed by atoms with Crippen molar-refractivity contribution in [1.29, 1.82) is 0 Å². The van der Waals surface area contributed by atoms with Gasteiger partial charge in [-0.3, -0.25) is 4.79 Å². The first-order chi connectivity index (χ1) is 6.25. The van der Waals surface area contributed by atoms with Crippen molar-refractivity contribution in [3.8, 4) is 0 Å². The maximum atomic E-state index is 11.4. The maximum Gasteiger partial charge on any atom is 0.287 e. The zero-order chi connectivity index (χ0) is 9.68. The van der Waals surface area contributed by atoms with Crippen LogP contribution in [0.3, 0.4) is 0 Å². The van der Waals surface area contributed by atoms with Crippen molar-refractivity contribution < 1.29 is 4.79 Å². The molecule has 1 amide bonds. The van der Waals surface area contributed by atoms with Gasteiger partial charge in [-0.1, -0.05) is 0 Å². The summed E-state index contributed by atoms with van der Waals surface area (Å²) >= 11 is 0. The first-order valence-electron chi connectivity index (χ1n) is 4.21. The molecule has 5 heteroatoms. The number of nitrogens with two attached hydrogens (primary N) is 1. The zero-order valence-corrected chi connectivity index (χ0v) is 7.66. The van der Waals surface area contributed by atoms with Crippen molar-refractivity contribution in [3.63, 3.8) is 0 Å². The van der Waals surface area contributed by atoms with Crippen LogP contribution in [-0.2, 0) is 7.05 Å². The summed E-state index contributed by atoms with van der Waals surface area (Å²) in [5, 5.41) is 2.72. The summed E-state index contributed by atoms with van der Waals surface area (Å²) < 4.78 is 1.68. The Morgan fingerprint density at radius 3 is 3.08 bits per heavy atom. The van der Waals surface area contributed by atoms with Gasteiger partial charge in [0.05, 0.1) is 0 Å². The van der Waals surface area contributed by atoms with Crippen LogP contribution in [0.1, 0.15) is 17.0 Å².